The van der Waals surface area contributed by atoms with Gasteiger partial charge in [0.25, 0.3) is 0 Å². The number of allylic oxidation sites excluding steroid dienone is 1. The molecule has 0 saturated carbocycles. The normalized spacial score (nSPS) is 12.7. The topological polar surface area (TPSA) is 34.1 Å². The second-order valence-electron chi connectivity index (χ2n) is 5.76. The standard InChI is InChI=1S/C20H22N2O/c1-13-11-17(16-7-5-6-8-18(16)22-13)14(2)15-9-10-20(23-4)19(12-15)21-3/h5,7,9-12,21H,2,6,8H2,1,3-4H3. The van der Waals surface area contributed by atoms with Gasteiger partial charge in [0.15, 0.2) is 0 Å². The van der Waals surface area contributed by atoms with E-state index in [9.17, 15) is 0 Å². The maximum Gasteiger partial charge on any atom is 0.141 e. The number of pyridine rings is 1. The zero-order chi connectivity index (χ0) is 16.4. The minimum absolute atomic E-state index is 0.830. The number of rotatable bonds is 4. The van der Waals surface area contributed by atoms with Gasteiger partial charge in [-0.15, -0.1) is 0 Å². The second-order valence-corrected chi connectivity index (χ2v) is 5.76. The Balaban J connectivity index is 2.08. The highest BCUT2D eigenvalue weighted by Crippen LogP contribution is 2.34. The third-order valence-corrected chi connectivity index (χ3v) is 4.24. The molecule has 0 amide bonds. The van der Waals surface area contributed by atoms with Crippen LogP contribution in [0, 0.1) is 6.92 Å². The summed E-state index contributed by atoms with van der Waals surface area (Å²) >= 11 is 0. The van der Waals surface area contributed by atoms with Crippen LogP contribution in [0.5, 0.6) is 5.75 Å². The molecular weight excluding hydrogens is 284 g/mol. The first-order valence-electron chi connectivity index (χ1n) is 7.86. The van der Waals surface area contributed by atoms with Gasteiger partial charge in [-0.05, 0) is 54.7 Å². The molecule has 1 aliphatic carbocycles. The molecule has 1 aromatic carbocycles. The molecule has 23 heavy (non-hydrogen) atoms. The number of aromatic nitrogens is 1. The number of ether oxygens (including phenoxy) is 1. The van der Waals surface area contributed by atoms with Crippen molar-refractivity contribution < 1.29 is 4.74 Å². The number of hydrogen-bond acceptors (Lipinski definition) is 3. The van der Waals surface area contributed by atoms with E-state index < -0.39 is 0 Å². The fourth-order valence-corrected chi connectivity index (χ4v) is 3.04. The van der Waals surface area contributed by atoms with Crippen LogP contribution in [0.25, 0.3) is 11.6 Å². The molecule has 0 atom stereocenters. The van der Waals surface area contributed by atoms with E-state index in [1.165, 1.54) is 11.3 Å². The zero-order valence-electron chi connectivity index (χ0n) is 13.9. The van der Waals surface area contributed by atoms with Crippen molar-refractivity contribution >= 4 is 17.3 Å². The lowest BCUT2D eigenvalue weighted by molar-refractivity contribution is 0.416. The van der Waals surface area contributed by atoms with Crippen LogP contribution in [-0.4, -0.2) is 19.1 Å². The van der Waals surface area contributed by atoms with E-state index in [2.05, 4.69) is 47.2 Å². The van der Waals surface area contributed by atoms with Gasteiger partial charge in [-0.1, -0.05) is 24.8 Å². The number of aryl methyl sites for hydroxylation is 2. The summed E-state index contributed by atoms with van der Waals surface area (Å²) in [6.45, 7) is 6.39. The van der Waals surface area contributed by atoms with Gasteiger partial charge in [-0.2, -0.15) is 0 Å². The summed E-state index contributed by atoms with van der Waals surface area (Å²) in [6, 6.07) is 8.23. The maximum absolute atomic E-state index is 5.37. The minimum atomic E-state index is 0.830. The lowest BCUT2D eigenvalue weighted by atomic mass is 9.90. The van der Waals surface area contributed by atoms with Crippen molar-refractivity contribution in [1.82, 2.24) is 4.98 Å². The first-order valence-corrected chi connectivity index (χ1v) is 7.86. The number of hydrogen-bond donors (Lipinski definition) is 1. The number of nitrogens with one attached hydrogen (secondary N) is 1. The minimum Gasteiger partial charge on any atom is -0.495 e. The monoisotopic (exact) mass is 306 g/mol. The van der Waals surface area contributed by atoms with Crippen molar-refractivity contribution in [1.29, 1.82) is 0 Å². The van der Waals surface area contributed by atoms with Gasteiger partial charge in [0.05, 0.1) is 12.8 Å². The van der Waals surface area contributed by atoms with Gasteiger partial charge in [-0.25, -0.2) is 0 Å². The molecule has 2 aromatic rings. The largest absolute Gasteiger partial charge is 0.495 e. The SMILES string of the molecule is C=C(c1ccc(OC)c(NC)c1)c1cc(C)nc2c1C=CCC2. The molecule has 0 bridgehead atoms. The van der Waals surface area contributed by atoms with Crippen LogP contribution >= 0.6 is 0 Å². The predicted molar refractivity (Wildman–Crippen MR) is 97.0 cm³/mol. The van der Waals surface area contributed by atoms with Crippen LogP contribution < -0.4 is 10.1 Å². The molecule has 0 unspecified atom stereocenters. The molecule has 0 spiro atoms. The van der Waals surface area contributed by atoms with Crippen molar-refractivity contribution in [3.05, 3.63) is 65.0 Å². The van der Waals surface area contributed by atoms with Crippen molar-refractivity contribution in [3.8, 4) is 5.75 Å². The van der Waals surface area contributed by atoms with Crippen LogP contribution in [0.4, 0.5) is 5.69 Å². The Labute approximate surface area is 137 Å². The van der Waals surface area contributed by atoms with Crippen LogP contribution in [-0.2, 0) is 6.42 Å². The summed E-state index contributed by atoms with van der Waals surface area (Å²) in [6.07, 6.45) is 6.44. The summed E-state index contributed by atoms with van der Waals surface area (Å²) in [5, 5.41) is 3.17. The average Bonchev–Trinajstić information content (AvgIpc) is 2.59. The molecule has 1 heterocycles. The molecule has 118 valence electrons. The predicted octanol–water partition coefficient (Wildman–Crippen LogP) is 4.46. The molecule has 0 radical (unpaired) electrons. The highest BCUT2D eigenvalue weighted by atomic mass is 16.5. The van der Waals surface area contributed by atoms with Crippen LogP contribution in [0.3, 0.4) is 0 Å². The molecule has 3 rings (SSSR count). The molecule has 0 aliphatic heterocycles. The lowest BCUT2D eigenvalue weighted by Crippen LogP contribution is -2.04. The molecule has 0 fully saturated rings. The molecular formula is C20H22N2O. The quantitative estimate of drug-likeness (QED) is 0.905. The molecule has 1 aliphatic rings. The number of benzene rings is 1. The molecule has 1 N–H and O–H groups in total. The van der Waals surface area contributed by atoms with E-state index in [-0.39, 0.29) is 0 Å². The molecule has 3 nitrogen and oxygen atoms in total. The van der Waals surface area contributed by atoms with Crippen molar-refractivity contribution in [2.75, 3.05) is 19.5 Å². The summed E-state index contributed by atoms with van der Waals surface area (Å²) in [4.78, 5) is 4.69. The van der Waals surface area contributed by atoms with Gasteiger partial charge in [-0.3, -0.25) is 4.98 Å². The number of methoxy groups -OCH3 is 1. The Morgan fingerprint density at radius 2 is 2.13 bits per heavy atom. The third kappa shape index (κ3) is 2.87. The van der Waals surface area contributed by atoms with Crippen LogP contribution in [0.1, 0.15) is 34.5 Å². The van der Waals surface area contributed by atoms with Gasteiger partial charge < -0.3 is 10.1 Å². The molecule has 1 aromatic heterocycles. The zero-order valence-corrected chi connectivity index (χ0v) is 13.9. The first-order chi connectivity index (χ1) is 11.1. The Kier molecular flexibility index (Phi) is 4.20. The van der Waals surface area contributed by atoms with Gasteiger partial charge in [0.2, 0.25) is 0 Å². The van der Waals surface area contributed by atoms with E-state index in [4.69, 9.17) is 4.74 Å². The van der Waals surface area contributed by atoms with E-state index in [1.54, 1.807) is 7.11 Å². The van der Waals surface area contributed by atoms with Crippen LogP contribution in [0.2, 0.25) is 0 Å². The highest BCUT2D eigenvalue weighted by molar-refractivity contribution is 5.85. The van der Waals surface area contributed by atoms with Crippen molar-refractivity contribution in [2.45, 2.75) is 19.8 Å². The number of fused-ring (bicyclic) bond motifs is 1. The van der Waals surface area contributed by atoms with E-state index in [0.29, 0.717) is 0 Å². The number of nitrogens with zero attached hydrogens (tertiary/aromatic N) is 1. The summed E-state index contributed by atoms with van der Waals surface area (Å²) in [5.74, 6) is 0.830. The highest BCUT2D eigenvalue weighted by Gasteiger charge is 2.15. The average molecular weight is 306 g/mol. The van der Waals surface area contributed by atoms with Crippen LogP contribution in [0.15, 0.2) is 36.9 Å². The van der Waals surface area contributed by atoms with E-state index in [1.807, 2.05) is 20.0 Å². The van der Waals surface area contributed by atoms with E-state index >= 15 is 0 Å². The number of anilines is 1. The second kappa shape index (κ2) is 6.29. The van der Waals surface area contributed by atoms with Crippen molar-refractivity contribution in [2.24, 2.45) is 0 Å². The maximum atomic E-state index is 5.37. The summed E-state index contributed by atoms with van der Waals surface area (Å²) < 4.78 is 5.37. The summed E-state index contributed by atoms with van der Waals surface area (Å²) in [5.41, 5.74) is 7.63. The summed E-state index contributed by atoms with van der Waals surface area (Å²) in [7, 11) is 3.57. The van der Waals surface area contributed by atoms with Gasteiger partial charge in [0, 0.05) is 24.0 Å². The van der Waals surface area contributed by atoms with Gasteiger partial charge in [0.1, 0.15) is 5.75 Å². The Bertz CT molecular complexity index is 790. The van der Waals surface area contributed by atoms with Crippen molar-refractivity contribution in [3.63, 3.8) is 0 Å². The Morgan fingerprint density at radius 3 is 2.87 bits per heavy atom. The lowest BCUT2D eigenvalue weighted by Gasteiger charge is -2.18. The first kappa shape index (κ1) is 15.3. The fraction of sp³-hybridized carbons (Fsp3) is 0.250. The Hall–Kier alpha value is -2.55. The smallest absolute Gasteiger partial charge is 0.141 e. The van der Waals surface area contributed by atoms with Gasteiger partial charge >= 0.3 is 0 Å². The van der Waals surface area contributed by atoms with E-state index in [0.717, 1.165) is 46.7 Å². The fourth-order valence-electron chi connectivity index (χ4n) is 3.04. The Morgan fingerprint density at radius 1 is 1.30 bits per heavy atom. The molecule has 0 saturated heterocycles. The molecule has 3 heteroatoms. The third-order valence-electron chi connectivity index (χ3n) is 4.24.